The second-order valence-corrected chi connectivity index (χ2v) is 6.98. The van der Waals surface area contributed by atoms with Gasteiger partial charge in [0.2, 0.25) is 5.89 Å². The summed E-state index contributed by atoms with van der Waals surface area (Å²) in [7, 11) is 1.75. The van der Waals surface area contributed by atoms with Crippen molar-refractivity contribution in [3.05, 3.63) is 41.0 Å². The lowest BCUT2D eigenvalue weighted by molar-refractivity contribution is 0.286. The van der Waals surface area contributed by atoms with Gasteiger partial charge in [-0.15, -0.1) is 24.0 Å². The average molecular weight is 501 g/mol. The third kappa shape index (κ3) is 8.45. The van der Waals surface area contributed by atoms with Gasteiger partial charge in [0.1, 0.15) is 5.75 Å². The standard InChI is InChI=1S/C20H31N5O2.HI/c1-14(2)9-11-26-18-12-15(3)6-7-17(18)13-23-20(21-5)22-10-8-19-24-16(4)25-27-19;/h6-7,12,14H,8-11,13H2,1-5H3,(H2,21,22,23);1H. The van der Waals surface area contributed by atoms with Crippen LogP contribution in [0.4, 0.5) is 0 Å². The van der Waals surface area contributed by atoms with E-state index in [0.717, 1.165) is 30.3 Å². The van der Waals surface area contributed by atoms with Gasteiger partial charge in [0, 0.05) is 32.1 Å². The van der Waals surface area contributed by atoms with E-state index < -0.39 is 0 Å². The van der Waals surface area contributed by atoms with Crippen LogP contribution in [-0.4, -0.2) is 36.3 Å². The number of nitrogens with zero attached hydrogens (tertiary/aromatic N) is 3. The molecule has 0 spiro atoms. The number of ether oxygens (including phenoxy) is 1. The predicted octanol–water partition coefficient (Wildman–Crippen LogP) is 3.64. The molecule has 0 aliphatic carbocycles. The fourth-order valence-electron chi connectivity index (χ4n) is 2.48. The quantitative estimate of drug-likeness (QED) is 0.310. The maximum absolute atomic E-state index is 6.01. The van der Waals surface area contributed by atoms with Crippen molar-refractivity contribution in [2.24, 2.45) is 10.9 Å². The Morgan fingerprint density at radius 1 is 1.25 bits per heavy atom. The molecule has 2 aromatic rings. The second kappa shape index (κ2) is 12.6. The Labute approximate surface area is 184 Å². The van der Waals surface area contributed by atoms with Gasteiger partial charge in [0.05, 0.1) is 6.61 Å². The number of guanidine groups is 1. The van der Waals surface area contributed by atoms with Gasteiger partial charge in [0.25, 0.3) is 0 Å². The molecule has 7 nitrogen and oxygen atoms in total. The number of nitrogens with one attached hydrogen (secondary N) is 2. The molecule has 0 radical (unpaired) electrons. The van der Waals surface area contributed by atoms with Crippen LogP contribution < -0.4 is 15.4 Å². The molecule has 2 N–H and O–H groups in total. The Kier molecular flexibility index (Phi) is 10.9. The number of aliphatic imine (C=N–C) groups is 1. The first-order valence-corrected chi connectivity index (χ1v) is 9.44. The average Bonchev–Trinajstić information content (AvgIpc) is 3.04. The Balaban J connectivity index is 0.00000392. The van der Waals surface area contributed by atoms with E-state index in [0.29, 0.717) is 37.1 Å². The molecule has 1 aromatic carbocycles. The molecule has 0 saturated heterocycles. The number of rotatable bonds is 9. The molecular weight excluding hydrogens is 469 g/mol. The zero-order valence-corrected chi connectivity index (χ0v) is 19.7. The van der Waals surface area contributed by atoms with Crippen LogP contribution in [0.25, 0.3) is 0 Å². The largest absolute Gasteiger partial charge is 0.493 e. The van der Waals surface area contributed by atoms with Crippen molar-refractivity contribution >= 4 is 29.9 Å². The van der Waals surface area contributed by atoms with E-state index in [2.05, 4.69) is 64.7 Å². The molecule has 0 fully saturated rings. The summed E-state index contributed by atoms with van der Waals surface area (Å²) in [6.45, 7) is 10.3. The molecule has 0 aliphatic rings. The number of hydrogen-bond donors (Lipinski definition) is 2. The molecule has 1 heterocycles. The lowest BCUT2D eigenvalue weighted by Gasteiger charge is -2.16. The smallest absolute Gasteiger partial charge is 0.228 e. The van der Waals surface area contributed by atoms with Gasteiger partial charge in [-0.2, -0.15) is 4.98 Å². The van der Waals surface area contributed by atoms with Gasteiger partial charge >= 0.3 is 0 Å². The number of aromatic nitrogens is 2. The van der Waals surface area contributed by atoms with Crippen LogP contribution in [0.3, 0.4) is 0 Å². The van der Waals surface area contributed by atoms with E-state index in [1.54, 1.807) is 7.05 Å². The number of benzene rings is 1. The van der Waals surface area contributed by atoms with Gasteiger partial charge in [-0.05, 0) is 37.8 Å². The normalized spacial score (nSPS) is 11.3. The van der Waals surface area contributed by atoms with Crippen LogP contribution in [0.2, 0.25) is 0 Å². The lowest BCUT2D eigenvalue weighted by atomic mass is 10.1. The Morgan fingerprint density at radius 2 is 2.04 bits per heavy atom. The molecule has 1 aromatic heterocycles. The van der Waals surface area contributed by atoms with Gasteiger partial charge in [-0.3, -0.25) is 4.99 Å². The molecule has 0 aliphatic heterocycles. The van der Waals surface area contributed by atoms with Crippen LogP contribution in [0.15, 0.2) is 27.7 Å². The van der Waals surface area contributed by atoms with Crippen molar-refractivity contribution in [2.45, 2.75) is 47.1 Å². The third-order valence-corrected chi connectivity index (χ3v) is 4.05. The molecule has 28 heavy (non-hydrogen) atoms. The van der Waals surface area contributed by atoms with Crippen LogP contribution >= 0.6 is 24.0 Å². The maximum atomic E-state index is 6.01. The third-order valence-electron chi connectivity index (χ3n) is 4.05. The Bertz CT molecular complexity index is 746. The first kappa shape index (κ1) is 24.2. The molecule has 0 atom stereocenters. The zero-order valence-electron chi connectivity index (χ0n) is 17.4. The highest BCUT2D eigenvalue weighted by atomic mass is 127. The van der Waals surface area contributed by atoms with Crippen LogP contribution in [0.5, 0.6) is 5.75 Å². The topological polar surface area (TPSA) is 84.6 Å². The van der Waals surface area contributed by atoms with E-state index in [9.17, 15) is 0 Å². The summed E-state index contributed by atoms with van der Waals surface area (Å²) in [5, 5.41) is 10.4. The molecule has 0 bridgehead atoms. The van der Waals surface area contributed by atoms with E-state index >= 15 is 0 Å². The molecule has 0 saturated carbocycles. The molecular formula is C20H32IN5O2. The van der Waals surface area contributed by atoms with Crippen molar-refractivity contribution in [3.63, 3.8) is 0 Å². The highest BCUT2D eigenvalue weighted by Crippen LogP contribution is 2.21. The van der Waals surface area contributed by atoms with Crippen LogP contribution in [0.1, 0.15) is 43.1 Å². The van der Waals surface area contributed by atoms with E-state index in [1.165, 1.54) is 5.56 Å². The molecule has 0 unspecified atom stereocenters. The summed E-state index contributed by atoms with van der Waals surface area (Å²) < 4.78 is 11.1. The summed E-state index contributed by atoms with van der Waals surface area (Å²) in [5.41, 5.74) is 2.30. The van der Waals surface area contributed by atoms with E-state index in [-0.39, 0.29) is 24.0 Å². The minimum Gasteiger partial charge on any atom is -0.493 e. The lowest BCUT2D eigenvalue weighted by Crippen LogP contribution is -2.38. The van der Waals surface area contributed by atoms with E-state index in [4.69, 9.17) is 9.26 Å². The molecule has 0 amide bonds. The van der Waals surface area contributed by atoms with Crippen LogP contribution in [-0.2, 0) is 13.0 Å². The van der Waals surface area contributed by atoms with Crippen molar-refractivity contribution in [2.75, 3.05) is 20.2 Å². The fraction of sp³-hybridized carbons (Fsp3) is 0.550. The summed E-state index contributed by atoms with van der Waals surface area (Å²) in [6, 6.07) is 6.29. The highest BCUT2D eigenvalue weighted by Gasteiger charge is 2.07. The monoisotopic (exact) mass is 501 g/mol. The number of aryl methyl sites for hydroxylation is 2. The summed E-state index contributed by atoms with van der Waals surface area (Å²) in [4.78, 5) is 8.45. The summed E-state index contributed by atoms with van der Waals surface area (Å²) in [5.74, 6) is 3.55. The minimum absolute atomic E-state index is 0. The van der Waals surface area contributed by atoms with Gasteiger partial charge < -0.3 is 19.9 Å². The number of hydrogen-bond acceptors (Lipinski definition) is 5. The van der Waals surface area contributed by atoms with Crippen LogP contribution in [0, 0.1) is 19.8 Å². The SMILES string of the molecule is CN=C(NCCc1nc(C)no1)NCc1ccc(C)cc1OCCC(C)C.I. The zero-order chi connectivity index (χ0) is 19.6. The van der Waals surface area contributed by atoms with Crippen molar-refractivity contribution in [3.8, 4) is 5.75 Å². The summed E-state index contributed by atoms with van der Waals surface area (Å²) >= 11 is 0. The predicted molar refractivity (Wildman–Crippen MR) is 122 cm³/mol. The Hall–Kier alpha value is -1.84. The number of halogens is 1. The van der Waals surface area contributed by atoms with Crippen molar-refractivity contribution in [1.82, 2.24) is 20.8 Å². The van der Waals surface area contributed by atoms with Gasteiger partial charge in [0.15, 0.2) is 11.8 Å². The second-order valence-electron chi connectivity index (χ2n) is 6.98. The first-order valence-electron chi connectivity index (χ1n) is 9.44. The fourth-order valence-corrected chi connectivity index (χ4v) is 2.48. The van der Waals surface area contributed by atoms with Crippen molar-refractivity contribution in [1.29, 1.82) is 0 Å². The highest BCUT2D eigenvalue weighted by molar-refractivity contribution is 14.0. The van der Waals surface area contributed by atoms with Gasteiger partial charge in [-0.1, -0.05) is 31.1 Å². The van der Waals surface area contributed by atoms with Gasteiger partial charge in [-0.25, -0.2) is 0 Å². The minimum atomic E-state index is 0. The first-order chi connectivity index (χ1) is 13.0. The molecule has 8 heteroatoms. The maximum Gasteiger partial charge on any atom is 0.228 e. The molecule has 156 valence electrons. The Morgan fingerprint density at radius 3 is 2.68 bits per heavy atom. The van der Waals surface area contributed by atoms with Crippen molar-refractivity contribution < 1.29 is 9.26 Å². The van der Waals surface area contributed by atoms with E-state index in [1.807, 2.05) is 6.92 Å². The summed E-state index contributed by atoms with van der Waals surface area (Å²) in [6.07, 6.45) is 1.69. The molecule has 2 rings (SSSR count).